The van der Waals surface area contributed by atoms with E-state index >= 15 is 0 Å². The zero-order chi connectivity index (χ0) is 11.8. The van der Waals surface area contributed by atoms with Crippen LogP contribution in [0.1, 0.15) is 52.4 Å². The molecule has 0 N–H and O–H groups in total. The highest BCUT2D eigenvalue weighted by Gasteiger charge is 2.52. The number of Topliss-reactive ketones (excluding diaryl/α,β-unsaturated/α-hetero) is 1. The van der Waals surface area contributed by atoms with Gasteiger partial charge >= 0.3 is 5.97 Å². The van der Waals surface area contributed by atoms with Gasteiger partial charge in [-0.1, -0.05) is 0 Å². The molecule has 90 valence electrons. The summed E-state index contributed by atoms with van der Waals surface area (Å²) in [7, 11) is 0. The fourth-order valence-electron chi connectivity index (χ4n) is 3.42. The Morgan fingerprint density at radius 1 is 1.31 bits per heavy atom. The third-order valence-corrected chi connectivity index (χ3v) is 4.40. The molecule has 3 heteroatoms. The summed E-state index contributed by atoms with van der Waals surface area (Å²) in [6.45, 7) is 3.44. The molecule has 3 atom stereocenters. The second kappa shape index (κ2) is 4.19. The minimum Gasteiger partial charge on any atom is -0.461 e. The van der Waals surface area contributed by atoms with E-state index in [0.717, 1.165) is 32.1 Å². The lowest BCUT2D eigenvalue weighted by molar-refractivity contribution is -0.168. The van der Waals surface area contributed by atoms with E-state index in [1.165, 1.54) is 6.92 Å². The number of hydrogen-bond donors (Lipinski definition) is 0. The normalized spacial score (nSPS) is 39.0. The van der Waals surface area contributed by atoms with Gasteiger partial charge in [-0.05, 0) is 44.9 Å². The Morgan fingerprint density at radius 2 is 2.00 bits per heavy atom. The van der Waals surface area contributed by atoms with Crippen molar-refractivity contribution >= 4 is 11.8 Å². The number of carbonyl (C=O) groups excluding carboxylic acids is 2. The molecule has 0 bridgehead atoms. The fourth-order valence-corrected chi connectivity index (χ4v) is 3.42. The van der Waals surface area contributed by atoms with Gasteiger partial charge in [0.15, 0.2) is 0 Å². The maximum atomic E-state index is 12.2. The van der Waals surface area contributed by atoms with Crippen molar-refractivity contribution in [3.63, 3.8) is 0 Å². The molecule has 2 rings (SSSR count). The van der Waals surface area contributed by atoms with Crippen LogP contribution >= 0.6 is 0 Å². The molecule has 0 aromatic carbocycles. The summed E-state index contributed by atoms with van der Waals surface area (Å²) < 4.78 is 5.37. The Balaban J connectivity index is 2.23. The van der Waals surface area contributed by atoms with Crippen LogP contribution in [0.3, 0.4) is 0 Å². The highest BCUT2D eigenvalue weighted by molar-refractivity contribution is 5.86. The summed E-state index contributed by atoms with van der Waals surface area (Å²) in [5, 5.41) is 0. The van der Waals surface area contributed by atoms with Gasteiger partial charge in [0, 0.05) is 13.3 Å². The van der Waals surface area contributed by atoms with Gasteiger partial charge in [-0.2, -0.15) is 0 Å². The van der Waals surface area contributed by atoms with Crippen LogP contribution in [0.2, 0.25) is 0 Å². The zero-order valence-corrected chi connectivity index (χ0v) is 10.1. The quantitative estimate of drug-likeness (QED) is 0.643. The largest absolute Gasteiger partial charge is 0.461 e. The van der Waals surface area contributed by atoms with Crippen molar-refractivity contribution in [2.24, 2.45) is 11.3 Å². The number of ether oxygens (including phenoxy) is 1. The van der Waals surface area contributed by atoms with E-state index in [-0.39, 0.29) is 12.1 Å². The zero-order valence-electron chi connectivity index (χ0n) is 10.1. The van der Waals surface area contributed by atoms with Gasteiger partial charge in [0.2, 0.25) is 0 Å². The minimum atomic E-state index is -0.401. The first-order valence-corrected chi connectivity index (χ1v) is 6.25. The number of fused-ring (bicyclic) bond motifs is 1. The number of esters is 1. The van der Waals surface area contributed by atoms with Crippen LogP contribution in [0.15, 0.2) is 0 Å². The van der Waals surface area contributed by atoms with Gasteiger partial charge in [0.25, 0.3) is 0 Å². The van der Waals surface area contributed by atoms with Crippen LogP contribution in [-0.4, -0.2) is 17.9 Å². The maximum Gasteiger partial charge on any atom is 0.302 e. The first kappa shape index (κ1) is 11.6. The molecule has 16 heavy (non-hydrogen) atoms. The van der Waals surface area contributed by atoms with Crippen LogP contribution in [0.4, 0.5) is 0 Å². The van der Waals surface area contributed by atoms with Crippen LogP contribution < -0.4 is 0 Å². The average Bonchev–Trinajstić information content (AvgIpc) is 2.21. The van der Waals surface area contributed by atoms with Crippen molar-refractivity contribution in [1.82, 2.24) is 0 Å². The van der Waals surface area contributed by atoms with Crippen LogP contribution in [0.25, 0.3) is 0 Å². The van der Waals surface area contributed by atoms with Crippen molar-refractivity contribution in [2.45, 2.75) is 58.5 Å². The third kappa shape index (κ3) is 1.76. The molecule has 2 aliphatic carbocycles. The van der Waals surface area contributed by atoms with E-state index in [4.69, 9.17) is 4.74 Å². The molecule has 0 aromatic heterocycles. The van der Waals surface area contributed by atoms with E-state index in [1.54, 1.807) is 0 Å². The lowest BCUT2D eigenvalue weighted by atomic mass is 9.58. The van der Waals surface area contributed by atoms with Crippen molar-refractivity contribution in [1.29, 1.82) is 0 Å². The van der Waals surface area contributed by atoms with Gasteiger partial charge in [0.1, 0.15) is 11.9 Å². The second-order valence-corrected chi connectivity index (χ2v) is 5.32. The molecular formula is C13H20O3. The maximum absolute atomic E-state index is 12.2. The van der Waals surface area contributed by atoms with Gasteiger partial charge < -0.3 is 4.74 Å². The van der Waals surface area contributed by atoms with E-state index in [2.05, 4.69) is 0 Å². The SMILES string of the molecule is CC(=O)OC1CCCC2CCCC(=O)C21C. The fraction of sp³-hybridized carbons (Fsp3) is 0.846. The molecule has 2 saturated carbocycles. The summed E-state index contributed by atoms with van der Waals surface area (Å²) in [6.07, 6.45) is 5.62. The van der Waals surface area contributed by atoms with Crippen molar-refractivity contribution in [2.75, 3.05) is 0 Å². The molecule has 3 unspecified atom stereocenters. The smallest absolute Gasteiger partial charge is 0.302 e. The first-order chi connectivity index (χ1) is 7.55. The van der Waals surface area contributed by atoms with Crippen LogP contribution in [0.5, 0.6) is 0 Å². The van der Waals surface area contributed by atoms with Crippen molar-refractivity contribution in [3.8, 4) is 0 Å². The molecule has 0 aromatic rings. The standard InChI is InChI=1S/C13H20O3/c1-9(14)16-12-8-4-6-10-5-3-7-11(15)13(10,12)2/h10,12H,3-8H2,1-2H3. The van der Waals surface area contributed by atoms with Gasteiger partial charge in [0.05, 0.1) is 5.41 Å². The summed E-state index contributed by atoms with van der Waals surface area (Å²) in [4.78, 5) is 23.3. The first-order valence-electron chi connectivity index (χ1n) is 6.25. The molecule has 0 heterocycles. The summed E-state index contributed by atoms with van der Waals surface area (Å²) in [5.41, 5.74) is -0.401. The highest BCUT2D eigenvalue weighted by Crippen LogP contribution is 2.49. The molecule has 0 radical (unpaired) electrons. The van der Waals surface area contributed by atoms with Crippen molar-refractivity contribution in [3.05, 3.63) is 0 Å². The topological polar surface area (TPSA) is 43.4 Å². The predicted molar refractivity (Wildman–Crippen MR) is 59.9 cm³/mol. The molecule has 0 spiro atoms. The Hall–Kier alpha value is -0.860. The minimum absolute atomic E-state index is 0.184. The lowest BCUT2D eigenvalue weighted by Gasteiger charge is -2.48. The van der Waals surface area contributed by atoms with Crippen molar-refractivity contribution < 1.29 is 14.3 Å². The molecule has 0 amide bonds. The van der Waals surface area contributed by atoms with E-state index in [9.17, 15) is 9.59 Å². The third-order valence-electron chi connectivity index (χ3n) is 4.40. The summed E-state index contributed by atoms with van der Waals surface area (Å²) in [5.74, 6) is 0.465. The predicted octanol–water partition coefficient (Wildman–Crippen LogP) is 2.48. The monoisotopic (exact) mass is 224 g/mol. The Labute approximate surface area is 96.5 Å². The molecule has 0 aliphatic heterocycles. The molecule has 3 nitrogen and oxygen atoms in total. The van der Waals surface area contributed by atoms with Gasteiger partial charge in [-0.3, -0.25) is 9.59 Å². The van der Waals surface area contributed by atoms with Gasteiger partial charge in [-0.25, -0.2) is 0 Å². The van der Waals surface area contributed by atoms with Crippen LogP contribution in [0, 0.1) is 11.3 Å². The van der Waals surface area contributed by atoms with Crippen LogP contribution in [-0.2, 0) is 14.3 Å². The second-order valence-electron chi connectivity index (χ2n) is 5.32. The number of ketones is 1. The highest BCUT2D eigenvalue weighted by atomic mass is 16.5. The number of rotatable bonds is 1. The Bertz CT molecular complexity index is 308. The Kier molecular flexibility index (Phi) is 3.04. The molecule has 0 saturated heterocycles. The number of carbonyl (C=O) groups is 2. The van der Waals surface area contributed by atoms with Gasteiger partial charge in [-0.15, -0.1) is 0 Å². The Morgan fingerprint density at radius 3 is 2.69 bits per heavy atom. The average molecular weight is 224 g/mol. The van der Waals surface area contributed by atoms with E-state index < -0.39 is 5.41 Å². The summed E-state index contributed by atoms with van der Waals surface area (Å²) >= 11 is 0. The molecule has 2 fully saturated rings. The lowest BCUT2D eigenvalue weighted by Crippen LogP contribution is -2.52. The molecule has 2 aliphatic rings. The van der Waals surface area contributed by atoms with E-state index in [1.807, 2.05) is 6.92 Å². The van der Waals surface area contributed by atoms with E-state index in [0.29, 0.717) is 18.1 Å². The number of hydrogen-bond acceptors (Lipinski definition) is 3. The molecular weight excluding hydrogens is 204 g/mol. The summed E-state index contributed by atoms with van der Waals surface area (Å²) in [6, 6.07) is 0.